The van der Waals surface area contributed by atoms with Gasteiger partial charge in [-0.2, -0.15) is 0 Å². The first-order valence-electron chi connectivity index (χ1n) is 6.88. The molecule has 0 saturated heterocycles. The number of hydrogen-bond acceptors (Lipinski definition) is 4. The number of nitrogens with zero attached hydrogens (tertiary/aromatic N) is 2. The number of benzene rings is 1. The third-order valence-corrected chi connectivity index (χ3v) is 2.92. The minimum Gasteiger partial charge on any atom is -0.494 e. The van der Waals surface area contributed by atoms with Crippen molar-refractivity contribution in [1.82, 2.24) is 14.9 Å². The number of carbonyl (C=O) groups is 1. The van der Waals surface area contributed by atoms with Crippen LogP contribution in [-0.2, 0) is 6.54 Å². The van der Waals surface area contributed by atoms with Gasteiger partial charge in [-0.1, -0.05) is 0 Å². The fourth-order valence-corrected chi connectivity index (χ4v) is 2.07. The summed E-state index contributed by atoms with van der Waals surface area (Å²) in [6.45, 7) is 5.01. The Hall–Kier alpha value is -2.50. The van der Waals surface area contributed by atoms with Gasteiger partial charge < -0.3 is 20.4 Å². The van der Waals surface area contributed by atoms with E-state index in [9.17, 15) is 4.79 Å². The lowest BCUT2D eigenvalue weighted by molar-refractivity contribution is 0.0936. The number of amides is 1. The molecule has 6 heteroatoms. The Morgan fingerprint density at radius 2 is 2.29 bits per heavy atom. The van der Waals surface area contributed by atoms with Gasteiger partial charge in [0.2, 0.25) is 0 Å². The first-order chi connectivity index (χ1) is 10.1. The fourth-order valence-electron chi connectivity index (χ4n) is 2.07. The summed E-state index contributed by atoms with van der Waals surface area (Å²) in [5.74, 6) is 0.431. The molecule has 1 amide bonds. The van der Waals surface area contributed by atoms with Crippen molar-refractivity contribution >= 4 is 11.6 Å². The van der Waals surface area contributed by atoms with Gasteiger partial charge in [0.25, 0.3) is 5.91 Å². The third kappa shape index (κ3) is 4.24. The number of nitrogens with two attached hydrogens (primary N) is 1. The van der Waals surface area contributed by atoms with Crippen LogP contribution in [0.3, 0.4) is 0 Å². The van der Waals surface area contributed by atoms with E-state index >= 15 is 0 Å². The second kappa shape index (κ2) is 6.78. The van der Waals surface area contributed by atoms with Crippen molar-refractivity contribution in [2.45, 2.75) is 26.4 Å². The molecular formula is C15H20N4O2. The molecule has 3 N–H and O–H groups in total. The second-order valence-corrected chi connectivity index (χ2v) is 4.86. The minimum absolute atomic E-state index is 0.0244. The van der Waals surface area contributed by atoms with E-state index in [1.54, 1.807) is 30.7 Å². The summed E-state index contributed by atoms with van der Waals surface area (Å²) in [6, 6.07) is 5.01. The highest BCUT2D eigenvalue weighted by molar-refractivity contribution is 5.95. The number of nitrogens with one attached hydrogen (secondary N) is 1. The summed E-state index contributed by atoms with van der Waals surface area (Å²) in [7, 11) is 0. The molecule has 2 rings (SSSR count). The maximum Gasteiger partial charge on any atom is 0.251 e. The summed E-state index contributed by atoms with van der Waals surface area (Å²) in [5.41, 5.74) is 6.80. The van der Waals surface area contributed by atoms with Crippen LogP contribution in [0, 0.1) is 0 Å². The van der Waals surface area contributed by atoms with Gasteiger partial charge in [0.1, 0.15) is 5.75 Å². The highest BCUT2D eigenvalue weighted by atomic mass is 16.5. The molecule has 0 spiro atoms. The van der Waals surface area contributed by atoms with E-state index in [4.69, 9.17) is 10.5 Å². The van der Waals surface area contributed by atoms with Gasteiger partial charge >= 0.3 is 0 Å². The summed E-state index contributed by atoms with van der Waals surface area (Å²) in [4.78, 5) is 16.2. The Kier molecular flexibility index (Phi) is 4.81. The van der Waals surface area contributed by atoms with E-state index < -0.39 is 0 Å². The molecule has 112 valence electrons. The number of hydrogen-bond donors (Lipinski definition) is 2. The zero-order valence-electron chi connectivity index (χ0n) is 12.2. The van der Waals surface area contributed by atoms with Crippen LogP contribution in [0.1, 0.15) is 24.2 Å². The molecule has 6 nitrogen and oxygen atoms in total. The summed E-state index contributed by atoms with van der Waals surface area (Å²) in [5, 5.41) is 2.93. The van der Waals surface area contributed by atoms with Crippen LogP contribution in [0.5, 0.6) is 5.75 Å². The second-order valence-electron chi connectivity index (χ2n) is 4.86. The Morgan fingerprint density at radius 3 is 2.95 bits per heavy atom. The topological polar surface area (TPSA) is 82.2 Å². The SMILES string of the molecule is CCOc1cc(N)cc(C(=O)NC(C)Cn2ccnc2)c1. The number of rotatable bonds is 6. The van der Waals surface area contributed by atoms with Crippen LogP contribution >= 0.6 is 0 Å². The maximum absolute atomic E-state index is 12.2. The highest BCUT2D eigenvalue weighted by Gasteiger charge is 2.12. The Labute approximate surface area is 123 Å². The first-order valence-corrected chi connectivity index (χ1v) is 6.88. The van der Waals surface area contributed by atoms with Gasteiger partial charge in [-0.15, -0.1) is 0 Å². The van der Waals surface area contributed by atoms with Crippen molar-refractivity contribution in [1.29, 1.82) is 0 Å². The number of ether oxygens (including phenoxy) is 1. The maximum atomic E-state index is 12.2. The van der Waals surface area contributed by atoms with Crippen LogP contribution in [0.15, 0.2) is 36.9 Å². The lowest BCUT2D eigenvalue weighted by Crippen LogP contribution is -2.35. The van der Waals surface area contributed by atoms with Crippen LogP contribution < -0.4 is 15.8 Å². The summed E-state index contributed by atoms with van der Waals surface area (Å²) in [6.07, 6.45) is 5.29. The van der Waals surface area contributed by atoms with E-state index in [1.165, 1.54) is 0 Å². The normalized spacial score (nSPS) is 11.9. The van der Waals surface area contributed by atoms with Crippen molar-refractivity contribution in [3.63, 3.8) is 0 Å². The third-order valence-electron chi connectivity index (χ3n) is 2.92. The standard InChI is InChI=1S/C15H20N4O2/c1-3-21-14-7-12(6-13(16)8-14)15(20)18-11(2)9-19-5-4-17-10-19/h4-8,10-11H,3,9,16H2,1-2H3,(H,18,20). The molecular weight excluding hydrogens is 268 g/mol. The van der Waals surface area contributed by atoms with Crippen molar-refractivity contribution in [2.24, 2.45) is 0 Å². The molecule has 0 fully saturated rings. The van der Waals surface area contributed by atoms with Gasteiger partial charge in [0.15, 0.2) is 0 Å². The predicted octanol–water partition coefficient (Wildman–Crippen LogP) is 1.68. The van der Waals surface area contributed by atoms with Crippen molar-refractivity contribution < 1.29 is 9.53 Å². The highest BCUT2D eigenvalue weighted by Crippen LogP contribution is 2.19. The lowest BCUT2D eigenvalue weighted by atomic mass is 10.1. The van der Waals surface area contributed by atoms with Crippen molar-refractivity contribution in [3.05, 3.63) is 42.5 Å². The van der Waals surface area contributed by atoms with Gasteiger partial charge in [0, 0.05) is 42.3 Å². The smallest absolute Gasteiger partial charge is 0.251 e. The molecule has 1 heterocycles. The van der Waals surface area contributed by atoms with Crippen LogP contribution in [-0.4, -0.2) is 28.1 Å². The summed E-state index contributed by atoms with van der Waals surface area (Å²) < 4.78 is 7.31. The molecule has 0 saturated carbocycles. The number of anilines is 1. The monoisotopic (exact) mass is 288 g/mol. The van der Waals surface area contributed by atoms with Crippen molar-refractivity contribution in [2.75, 3.05) is 12.3 Å². The quantitative estimate of drug-likeness (QED) is 0.792. The lowest BCUT2D eigenvalue weighted by Gasteiger charge is -2.15. The number of carbonyl (C=O) groups excluding carboxylic acids is 1. The van der Waals surface area contributed by atoms with E-state index in [-0.39, 0.29) is 11.9 Å². The molecule has 1 aromatic carbocycles. The van der Waals surface area contributed by atoms with E-state index in [2.05, 4.69) is 10.3 Å². The summed E-state index contributed by atoms with van der Waals surface area (Å²) >= 11 is 0. The molecule has 2 aromatic rings. The van der Waals surface area contributed by atoms with Crippen LogP contribution in [0.2, 0.25) is 0 Å². The van der Waals surface area contributed by atoms with E-state index in [0.717, 1.165) is 0 Å². The molecule has 0 aliphatic rings. The largest absolute Gasteiger partial charge is 0.494 e. The van der Waals surface area contributed by atoms with Gasteiger partial charge in [-0.25, -0.2) is 4.98 Å². The predicted molar refractivity (Wildman–Crippen MR) is 81.2 cm³/mol. The fraction of sp³-hybridized carbons (Fsp3) is 0.333. The van der Waals surface area contributed by atoms with E-state index in [1.807, 2.05) is 24.6 Å². The average molecular weight is 288 g/mol. The van der Waals surface area contributed by atoms with Crippen molar-refractivity contribution in [3.8, 4) is 5.75 Å². The Bertz CT molecular complexity index is 596. The van der Waals surface area contributed by atoms with Crippen LogP contribution in [0.25, 0.3) is 0 Å². The zero-order chi connectivity index (χ0) is 15.2. The minimum atomic E-state index is -0.170. The first kappa shape index (κ1) is 14.9. The number of nitrogen functional groups attached to an aromatic ring is 1. The number of imidazole rings is 1. The molecule has 21 heavy (non-hydrogen) atoms. The van der Waals surface area contributed by atoms with Crippen LogP contribution in [0.4, 0.5) is 5.69 Å². The molecule has 1 aromatic heterocycles. The average Bonchev–Trinajstić information content (AvgIpc) is 2.91. The molecule has 0 bridgehead atoms. The number of aromatic nitrogens is 2. The van der Waals surface area contributed by atoms with Gasteiger partial charge in [0.05, 0.1) is 12.9 Å². The Balaban J connectivity index is 2.02. The van der Waals surface area contributed by atoms with Gasteiger partial charge in [-0.05, 0) is 26.0 Å². The van der Waals surface area contributed by atoms with Gasteiger partial charge in [-0.3, -0.25) is 4.79 Å². The molecule has 1 atom stereocenters. The molecule has 0 radical (unpaired) electrons. The van der Waals surface area contributed by atoms with E-state index in [0.29, 0.717) is 30.2 Å². The zero-order valence-corrected chi connectivity index (χ0v) is 12.2. The Morgan fingerprint density at radius 1 is 1.48 bits per heavy atom. The molecule has 1 unspecified atom stereocenters. The molecule has 0 aliphatic heterocycles. The molecule has 0 aliphatic carbocycles.